The van der Waals surface area contributed by atoms with Gasteiger partial charge in [-0.2, -0.15) is 13.2 Å². The van der Waals surface area contributed by atoms with Crippen molar-refractivity contribution in [1.29, 1.82) is 0 Å². The van der Waals surface area contributed by atoms with Crippen LogP contribution in [-0.4, -0.2) is 11.2 Å². The minimum atomic E-state index is -4.73. The second kappa shape index (κ2) is 4.20. The van der Waals surface area contributed by atoms with Crippen molar-refractivity contribution in [3.05, 3.63) is 37.8 Å². The number of hydrogen-bond donors (Lipinski definition) is 0. The number of halogens is 4. The molecule has 0 radical (unpaired) electrons. The van der Waals surface area contributed by atoms with Crippen molar-refractivity contribution in [3.63, 3.8) is 0 Å². The van der Waals surface area contributed by atoms with Gasteiger partial charge in [-0.25, -0.2) is 0 Å². The zero-order valence-electron chi connectivity index (χ0n) is 7.42. The number of nitro groups is 1. The lowest BCUT2D eigenvalue weighted by Gasteiger charge is -2.10. The maximum atomic E-state index is 12.4. The Morgan fingerprint density at radius 2 is 1.94 bits per heavy atom. The van der Waals surface area contributed by atoms with E-state index in [4.69, 9.17) is 0 Å². The molecule has 0 atom stereocenters. The van der Waals surface area contributed by atoms with Gasteiger partial charge in [0.1, 0.15) is 4.47 Å². The van der Waals surface area contributed by atoms with Crippen LogP contribution in [0.5, 0.6) is 0 Å². The lowest BCUT2D eigenvalue weighted by Crippen LogP contribution is -2.10. The molecule has 0 aromatic heterocycles. The molecule has 0 N–H and O–H groups in total. The summed E-state index contributed by atoms with van der Waals surface area (Å²) in [6.45, 7) is 0. The van der Waals surface area contributed by atoms with Crippen LogP contribution in [0, 0.1) is 10.1 Å². The maximum Gasteiger partial charge on any atom is 0.417 e. The molecule has 0 aliphatic heterocycles. The first-order valence-electron chi connectivity index (χ1n) is 3.78. The number of nitrogens with zero attached hydrogens (tertiary/aromatic N) is 1. The molecule has 16 heavy (non-hydrogen) atoms. The molecule has 1 rings (SSSR count). The normalized spacial score (nSPS) is 11.2. The monoisotopic (exact) mass is 297 g/mol. The largest absolute Gasteiger partial charge is 0.417 e. The second-order valence-corrected chi connectivity index (χ2v) is 3.53. The lowest BCUT2D eigenvalue weighted by molar-refractivity contribution is -0.385. The Kier molecular flexibility index (Phi) is 3.32. The van der Waals surface area contributed by atoms with Crippen molar-refractivity contribution in [1.82, 2.24) is 0 Å². The fourth-order valence-electron chi connectivity index (χ4n) is 1.08. The summed E-state index contributed by atoms with van der Waals surface area (Å²) < 4.78 is 36.7. The van der Waals surface area contributed by atoms with Gasteiger partial charge in [0.15, 0.2) is 6.29 Å². The molecule has 0 unspecified atom stereocenters. The molecule has 8 heteroatoms. The van der Waals surface area contributed by atoms with Gasteiger partial charge in [-0.3, -0.25) is 14.9 Å². The average molecular weight is 298 g/mol. The molecule has 0 fully saturated rings. The van der Waals surface area contributed by atoms with E-state index in [1.807, 2.05) is 0 Å². The van der Waals surface area contributed by atoms with E-state index >= 15 is 0 Å². The Morgan fingerprint density at radius 3 is 2.31 bits per heavy atom. The lowest BCUT2D eigenvalue weighted by atomic mass is 10.1. The Morgan fingerprint density at radius 1 is 1.38 bits per heavy atom. The van der Waals surface area contributed by atoms with Crippen LogP contribution in [0.4, 0.5) is 18.9 Å². The third-order valence-electron chi connectivity index (χ3n) is 1.78. The molecular formula is C8H3BrF3NO3. The van der Waals surface area contributed by atoms with E-state index in [9.17, 15) is 28.1 Å². The Balaban J connectivity index is 3.53. The summed E-state index contributed by atoms with van der Waals surface area (Å²) in [5.74, 6) is 0. The number of carbonyl (C=O) groups excluding carboxylic acids is 1. The molecule has 0 amide bonds. The van der Waals surface area contributed by atoms with E-state index in [1.165, 1.54) is 0 Å². The van der Waals surface area contributed by atoms with Crippen LogP contribution >= 0.6 is 15.9 Å². The standard InChI is InChI=1S/C8H3BrF3NO3/c9-7-4(3-14)5(8(10,11)12)1-2-6(7)13(15)16/h1-3H. The Bertz CT molecular complexity index is 459. The quantitative estimate of drug-likeness (QED) is 0.478. The van der Waals surface area contributed by atoms with Gasteiger partial charge in [-0.05, 0) is 22.0 Å². The molecule has 4 nitrogen and oxygen atoms in total. The first-order valence-corrected chi connectivity index (χ1v) is 4.57. The maximum absolute atomic E-state index is 12.4. The molecular weight excluding hydrogens is 295 g/mol. The summed E-state index contributed by atoms with van der Waals surface area (Å²) >= 11 is 2.61. The van der Waals surface area contributed by atoms with Gasteiger partial charge >= 0.3 is 6.18 Å². The summed E-state index contributed by atoms with van der Waals surface area (Å²) in [7, 11) is 0. The van der Waals surface area contributed by atoms with Crippen molar-refractivity contribution in [2.45, 2.75) is 6.18 Å². The highest BCUT2D eigenvalue weighted by Crippen LogP contribution is 2.38. The minimum Gasteiger partial charge on any atom is -0.298 e. The highest BCUT2D eigenvalue weighted by Gasteiger charge is 2.36. The predicted molar refractivity (Wildman–Crippen MR) is 51.2 cm³/mol. The summed E-state index contributed by atoms with van der Waals surface area (Å²) in [6, 6.07) is 1.20. The van der Waals surface area contributed by atoms with Gasteiger partial charge in [0.25, 0.3) is 5.69 Å². The number of benzene rings is 1. The first kappa shape index (κ1) is 12.6. The zero-order valence-corrected chi connectivity index (χ0v) is 9.00. The molecule has 0 aliphatic rings. The van der Waals surface area contributed by atoms with Gasteiger partial charge in [0, 0.05) is 11.6 Å². The van der Waals surface area contributed by atoms with Crippen LogP contribution in [0.15, 0.2) is 16.6 Å². The van der Waals surface area contributed by atoms with E-state index in [0.29, 0.717) is 12.1 Å². The van der Waals surface area contributed by atoms with Crippen LogP contribution in [0.1, 0.15) is 15.9 Å². The number of alkyl halides is 3. The highest BCUT2D eigenvalue weighted by atomic mass is 79.9. The van der Waals surface area contributed by atoms with Crippen LogP contribution in [0.25, 0.3) is 0 Å². The molecule has 1 aromatic carbocycles. The van der Waals surface area contributed by atoms with E-state index in [1.54, 1.807) is 0 Å². The van der Waals surface area contributed by atoms with Crippen molar-refractivity contribution in [2.24, 2.45) is 0 Å². The molecule has 0 bridgehead atoms. The van der Waals surface area contributed by atoms with Gasteiger partial charge in [0.05, 0.1) is 10.5 Å². The summed E-state index contributed by atoms with van der Waals surface area (Å²) in [5, 5.41) is 10.4. The molecule has 0 saturated carbocycles. The third-order valence-corrected chi connectivity index (χ3v) is 2.61. The number of aldehydes is 1. The van der Waals surface area contributed by atoms with Crippen LogP contribution in [0.2, 0.25) is 0 Å². The third kappa shape index (κ3) is 2.21. The van der Waals surface area contributed by atoms with Crippen LogP contribution in [0.3, 0.4) is 0 Å². The van der Waals surface area contributed by atoms with Gasteiger partial charge < -0.3 is 0 Å². The van der Waals surface area contributed by atoms with Crippen molar-refractivity contribution in [2.75, 3.05) is 0 Å². The van der Waals surface area contributed by atoms with Crippen molar-refractivity contribution < 1.29 is 22.9 Å². The molecule has 0 aliphatic carbocycles. The average Bonchev–Trinajstić information content (AvgIpc) is 2.15. The minimum absolute atomic E-state index is 0.0695. The molecule has 0 heterocycles. The number of hydrogen-bond acceptors (Lipinski definition) is 3. The Hall–Kier alpha value is -1.44. The van der Waals surface area contributed by atoms with E-state index in [2.05, 4.69) is 15.9 Å². The first-order chi connectivity index (χ1) is 7.29. The number of nitro benzene ring substituents is 1. The second-order valence-electron chi connectivity index (χ2n) is 2.73. The van der Waals surface area contributed by atoms with Gasteiger partial charge in [0.2, 0.25) is 0 Å². The van der Waals surface area contributed by atoms with Gasteiger partial charge in [-0.1, -0.05) is 0 Å². The van der Waals surface area contributed by atoms with Crippen molar-refractivity contribution in [3.8, 4) is 0 Å². The van der Waals surface area contributed by atoms with E-state index < -0.39 is 32.4 Å². The van der Waals surface area contributed by atoms with Crippen LogP contribution in [-0.2, 0) is 6.18 Å². The molecule has 0 saturated heterocycles. The molecule has 86 valence electrons. The van der Waals surface area contributed by atoms with Crippen molar-refractivity contribution >= 4 is 27.9 Å². The summed E-state index contributed by atoms with van der Waals surface area (Å²) in [6.07, 6.45) is -4.80. The highest BCUT2D eigenvalue weighted by molar-refractivity contribution is 9.10. The summed E-state index contributed by atoms with van der Waals surface area (Å²) in [5.41, 5.74) is -2.57. The SMILES string of the molecule is O=Cc1c(C(F)(F)F)ccc([N+](=O)[O-])c1Br. The number of carbonyl (C=O) groups is 1. The fourth-order valence-corrected chi connectivity index (χ4v) is 1.67. The van der Waals surface area contributed by atoms with E-state index in [-0.39, 0.29) is 6.29 Å². The van der Waals surface area contributed by atoms with E-state index in [0.717, 1.165) is 0 Å². The fraction of sp³-hybridized carbons (Fsp3) is 0.125. The summed E-state index contributed by atoms with van der Waals surface area (Å²) in [4.78, 5) is 20.1. The van der Waals surface area contributed by atoms with Gasteiger partial charge in [-0.15, -0.1) is 0 Å². The topological polar surface area (TPSA) is 60.2 Å². The molecule has 1 aromatic rings. The number of rotatable bonds is 2. The predicted octanol–water partition coefficient (Wildman–Crippen LogP) is 3.19. The smallest absolute Gasteiger partial charge is 0.298 e. The molecule has 0 spiro atoms. The zero-order chi connectivity index (χ0) is 12.5. The van der Waals surface area contributed by atoms with Crippen LogP contribution < -0.4 is 0 Å². The Labute approximate surface area is 95.3 Å².